The zero-order chi connectivity index (χ0) is 16.0. The predicted molar refractivity (Wildman–Crippen MR) is 82.7 cm³/mol. The molecule has 1 aromatic heterocycles. The number of hydrogen-bond donors (Lipinski definition) is 1. The molecule has 0 atom stereocenters. The Bertz CT molecular complexity index is 641. The number of rotatable bonds is 2. The maximum absolute atomic E-state index is 12.2. The van der Waals surface area contributed by atoms with Crippen LogP contribution in [0.5, 0.6) is 0 Å². The molecule has 1 N–H and O–H groups in total. The predicted octanol–water partition coefficient (Wildman–Crippen LogP) is 0.603. The number of likely N-dealkylation sites (tertiary alicyclic amines) is 1. The summed E-state index contributed by atoms with van der Waals surface area (Å²) in [5.41, 5.74) is 0.179. The lowest BCUT2D eigenvalue weighted by atomic mass is 9.73. The molecule has 0 radical (unpaired) electrons. The number of nitrogens with one attached hydrogen (secondary N) is 1. The third kappa shape index (κ3) is 2.52. The second kappa shape index (κ2) is 5.32. The molecule has 7 heteroatoms. The quantitative estimate of drug-likeness (QED) is 0.866. The van der Waals surface area contributed by atoms with Gasteiger partial charge in [-0.25, -0.2) is 0 Å². The lowest BCUT2D eigenvalue weighted by molar-refractivity contribution is -0.135. The van der Waals surface area contributed by atoms with Crippen LogP contribution in [0.4, 0.5) is 0 Å². The number of aryl methyl sites for hydroxylation is 1. The Morgan fingerprint density at radius 3 is 2.57 bits per heavy atom. The van der Waals surface area contributed by atoms with Crippen molar-refractivity contribution in [2.45, 2.75) is 45.1 Å². The number of fused-ring (bicyclic) bond motifs is 1. The van der Waals surface area contributed by atoms with E-state index in [2.05, 4.69) is 15.5 Å². The first-order valence-corrected chi connectivity index (χ1v) is 8.55. The van der Waals surface area contributed by atoms with Crippen LogP contribution >= 0.6 is 0 Å². The van der Waals surface area contributed by atoms with Gasteiger partial charge in [0.1, 0.15) is 5.82 Å². The van der Waals surface area contributed by atoms with E-state index in [1.807, 2.05) is 9.47 Å². The average molecular weight is 317 g/mol. The maximum atomic E-state index is 12.2. The summed E-state index contributed by atoms with van der Waals surface area (Å²) in [7, 11) is 1.62. The van der Waals surface area contributed by atoms with E-state index in [-0.39, 0.29) is 11.3 Å². The Hall–Kier alpha value is -1.92. The minimum atomic E-state index is -0.179. The molecule has 0 aromatic carbocycles. The van der Waals surface area contributed by atoms with Gasteiger partial charge in [-0.05, 0) is 37.5 Å². The maximum Gasteiger partial charge on any atom is 0.288 e. The topological polar surface area (TPSA) is 80.1 Å². The van der Waals surface area contributed by atoms with E-state index < -0.39 is 0 Å². The van der Waals surface area contributed by atoms with Gasteiger partial charge in [0.25, 0.3) is 5.91 Å². The third-order valence-corrected chi connectivity index (χ3v) is 5.69. The summed E-state index contributed by atoms with van der Waals surface area (Å²) >= 11 is 0. The molecule has 1 spiro atoms. The van der Waals surface area contributed by atoms with E-state index in [0.29, 0.717) is 17.6 Å². The van der Waals surface area contributed by atoms with Crippen molar-refractivity contribution >= 4 is 11.8 Å². The summed E-state index contributed by atoms with van der Waals surface area (Å²) in [4.78, 5) is 26.2. The summed E-state index contributed by atoms with van der Waals surface area (Å²) in [6, 6.07) is 0. The molecule has 23 heavy (non-hydrogen) atoms. The van der Waals surface area contributed by atoms with Gasteiger partial charge in [0.05, 0.1) is 0 Å². The molecular formula is C16H23N5O2. The van der Waals surface area contributed by atoms with E-state index in [4.69, 9.17) is 0 Å². The van der Waals surface area contributed by atoms with E-state index in [9.17, 15) is 9.59 Å². The van der Waals surface area contributed by atoms with Crippen LogP contribution < -0.4 is 5.32 Å². The average Bonchev–Trinajstić information content (AvgIpc) is 3.35. The minimum Gasteiger partial charge on any atom is -0.352 e. The summed E-state index contributed by atoms with van der Waals surface area (Å²) in [6.07, 6.45) is 6.09. The Labute approximate surface area is 135 Å². The highest BCUT2D eigenvalue weighted by Gasteiger charge is 2.42. The van der Waals surface area contributed by atoms with Gasteiger partial charge in [-0.15, -0.1) is 10.2 Å². The Morgan fingerprint density at radius 1 is 1.17 bits per heavy atom. The summed E-state index contributed by atoms with van der Waals surface area (Å²) in [5.74, 6) is 1.80. The Balaban J connectivity index is 1.48. The van der Waals surface area contributed by atoms with E-state index in [1.54, 1.807) is 7.05 Å². The highest BCUT2D eigenvalue weighted by molar-refractivity contribution is 5.90. The zero-order valence-electron chi connectivity index (χ0n) is 13.5. The molecule has 3 aliphatic rings. The first-order chi connectivity index (χ1) is 11.1. The first kappa shape index (κ1) is 14.7. The van der Waals surface area contributed by atoms with Gasteiger partial charge in [0.15, 0.2) is 0 Å². The number of amides is 2. The standard InChI is InChI=1S/C16H23N5O2/c1-17-14(22)13-19-18-12-4-5-16(10-21(12)13)6-8-20(9-7-16)15(23)11-2-3-11/h11H,2-10H2,1H3,(H,17,22). The molecular weight excluding hydrogens is 294 g/mol. The van der Waals surface area contributed by atoms with Crippen LogP contribution in [0, 0.1) is 11.3 Å². The minimum absolute atomic E-state index is 0.179. The van der Waals surface area contributed by atoms with Gasteiger partial charge in [-0.2, -0.15) is 0 Å². The number of carbonyl (C=O) groups excluding carboxylic acids is 2. The van der Waals surface area contributed by atoms with Crippen molar-refractivity contribution in [3.63, 3.8) is 0 Å². The molecule has 1 aliphatic carbocycles. The molecule has 0 unspecified atom stereocenters. The second-order valence-electron chi connectivity index (χ2n) is 7.20. The lowest BCUT2D eigenvalue weighted by Crippen LogP contribution is -2.47. The van der Waals surface area contributed by atoms with Crippen LogP contribution in [0.2, 0.25) is 0 Å². The van der Waals surface area contributed by atoms with Crippen molar-refractivity contribution in [2.75, 3.05) is 20.1 Å². The highest BCUT2D eigenvalue weighted by Crippen LogP contribution is 2.42. The van der Waals surface area contributed by atoms with Gasteiger partial charge < -0.3 is 14.8 Å². The molecule has 2 aliphatic heterocycles. The number of hydrogen-bond acceptors (Lipinski definition) is 4. The molecule has 1 aromatic rings. The number of aromatic nitrogens is 3. The molecule has 2 fully saturated rings. The second-order valence-corrected chi connectivity index (χ2v) is 7.20. The molecule has 1 saturated carbocycles. The van der Waals surface area contributed by atoms with Crippen LogP contribution in [-0.2, 0) is 17.8 Å². The van der Waals surface area contributed by atoms with Gasteiger partial charge in [0.2, 0.25) is 11.7 Å². The third-order valence-electron chi connectivity index (χ3n) is 5.69. The van der Waals surface area contributed by atoms with Crippen LogP contribution in [-0.4, -0.2) is 51.6 Å². The van der Waals surface area contributed by atoms with Gasteiger partial charge in [-0.3, -0.25) is 9.59 Å². The van der Waals surface area contributed by atoms with Gasteiger partial charge in [0, 0.05) is 39.0 Å². The molecule has 124 valence electrons. The van der Waals surface area contributed by atoms with Crippen LogP contribution in [0.15, 0.2) is 0 Å². The fourth-order valence-corrected chi connectivity index (χ4v) is 3.96. The number of piperidine rings is 1. The summed E-state index contributed by atoms with van der Waals surface area (Å²) < 4.78 is 1.99. The van der Waals surface area contributed by atoms with E-state index in [0.717, 1.165) is 64.0 Å². The largest absolute Gasteiger partial charge is 0.352 e. The molecule has 4 rings (SSSR count). The highest BCUT2D eigenvalue weighted by atomic mass is 16.2. The van der Waals surface area contributed by atoms with Crippen molar-refractivity contribution in [3.8, 4) is 0 Å². The monoisotopic (exact) mass is 317 g/mol. The molecule has 1 saturated heterocycles. The van der Waals surface area contributed by atoms with Crippen molar-refractivity contribution in [1.82, 2.24) is 25.0 Å². The van der Waals surface area contributed by atoms with Crippen molar-refractivity contribution in [1.29, 1.82) is 0 Å². The summed E-state index contributed by atoms with van der Waals surface area (Å²) in [6.45, 7) is 2.49. The molecule has 2 amide bonds. The van der Waals surface area contributed by atoms with Crippen molar-refractivity contribution < 1.29 is 9.59 Å². The normalized spacial score (nSPS) is 22.7. The lowest BCUT2D eigenvalue weighted by Gasteiger charge is -2.44. The fourth-order valence-electron chi connectivity index (χ4n) is 3.96. The van der Waals surface area contributed by atoms with Crippen molar-refractivity contribution in [2.24, 2.45) is 11.3 Å². The van der Waals surface area contributed by atoms with E-state index >= 15 is 0 Å². The molecule has 3 heterocycles. The Kier molecular flexibility index (Phi) is 3.39. The van der Waals surface area contributed by atoms with Crippen LogP contribution in [0.1, 0.15) is 48.5 Å². The smallest absolute Gasteiger partial charge is 0.288 e. The van der Waals surface area contributed by atoms with Gasteiger partial charge >= 0.3 is 0 Å². The fraction of sp³-hybridized carbons (Fsp3) is 0.750. The number of nitrogens with zero attached hydrogens (tertiary/aromatic N) is 4. The van der Waals surface area contributed by atoms with Crippen LogP contribution in [0.3, 0.4) is 0 Å². The van der Waals surface area contributed by atoms with E-state index in [1.165, 1.54) is 0 Å². The summed E-state index contributed by atoms with van der Waals surface area (Å²) in [5, 5.41) is 10.9. The zero-order valence-corrected chi connectivity index (χ0v) is 13.5. The molecule has 0 bridgehead atoms. The van der Waals surface area contributed by atoms with Crippen molar-refractivity contribution in [3.05, 3.63) is 11.6 Å². The van der Waals surface area contributed by atoms with Gasteiger partial charge in [-0.1, -0.05) is 0 Å². The molecule has 7 nitrogen and oxygen atoms in total. The Morgan fingerprint density at radius 2 is 1.91 bits per heavy atom. The first-order valence-electron chi connectivity index (χ1n) is 8.55. The number of carbonyl (C=O) groups is 2. The SMILES string of the molecule is CNC(=O)c1nnc2n1CC1(CC2)CCN(C(=O)C2CC2)CC1. The van der Waals surface area contributed by atoms with Crippen LogP contribution in [0.25, 0.3) is 0 Å².